The minimum Gasteiger partial charge on any atom is -0.497 e. The number of benzene rings is 4. The second kappa shape index (κ2) is 16.0. The monoisotopic (exact) mass is 648 g/mol. The maximum absolute atomic E-state index is 13.2. The molecule has 1 heterocycles. The standard InChI is InChI=1S/C36H36N6O6/c1-47-32-15-8-26(9-16-32)23-33(38-35(43)28-6-4-3-5-7-28)36(44)39-37-24-27-10-17-34(48-2)29(22-27)25-40-18-20-41(21-19-40)30-11-13-31(14-12-30)42(45)46/h3-17,22-24H,18-21,25H2,1-2H3,(H,38,43)(H,39,44). The first-order valence-corrected chi connectivity index (χ1v) is 15.3. The van der Waals surface area contributed by atoms with Crippen molar-refractivity contribution in [1.82, 2.24) is 15.6 Å². The Labute approximate surface area is 278 Å². The number of amides is 2. The average Bonchev–Trinajstić information content (AvgIpc) is 3.12. The molecule has 1 aliphatic heterocycles. The lowest BCUT2D eigenvalue weighted by Crippen LogP contribution is -2.46. The number of piperazine rings is 1. The van der Waals surface area contributed by atoms with Crippen LogP contribution < -0.4 is 25.1 Å². The number of non-ortho nitro benzene ring substituents is 1. The highest BCUT2D eigenvalue weighted by molar-refractivity contribution is 6.05. The molecule has 0 saturated carbocycles. The van der Waals surface area contributed by atoms with Crippen LogP contribution in [0, 0.1) is 10.1 Å². The Kier molecular flexibility index (Phi) is 11.1. The SMILES string of the molecule is COc1ccc(C=C(NC(=O)c2ccccc2)C(=O)NN=Cc2ccc(OC)c(CN3CCN(c4ccc([N+](=O)[O-])cc4)CC3)c2)cc1. The Balaban J connectivity index is 1.23. The topological polar surface area (TPSA) is 139 Å². The molecular weight excluding hydrogens is 612 g/mol. The number of nitrogens with zero attached hydrogens (tertiary/aromatic N) is 4. The van der Waals surface area contributed by atoms with Gasteiger partial charge >= 0.3 is 0 Å². The van der Waals surface area contributed by atoms with Crippen molar-refractivity contribution in [3.8, 4) is 11.5 Å². The number of nitrogens with one attached hydrogen (secondary N) is 2. The smallest absolute Gasteiger partial charge is 0.287 e. The largest absolute Gasteiger partial charge is 0.497 e. The number of hydrogen-bond acceptors (Lipinski definition) is 9. The molecule has 0 unspecified atom stereocenters. The Morgan fingerprint density at radius 2 is 1.56 bits per heavy atom. The zero-order chi connectivity index (χ0) is 33.9. The fourth-order valence-electron chi connectivity index (χ4n) is 5.23. The van der Waals surface area contributed by atoms with Gasteiger partial charge in [-0.25, -0.2) is 5.43 Å². The van der Waals surface area contributed by atoms with Crippen molar-refractivity contribution in [2.45, 2.75) is 6.54 Å². The molecule has 5 rings (SSSR count). The van der Waals surface area contributed by atoms with Crippen molar-refractivity contribution in [1.29, 1.82) is 0 Å². The van der Waals surface area contributed by atoms with Crippen LogP contribution in [0.3, 0.4) is 0 Å². The molecule has 0 bridgehead atoms. The Morgan fingerprint density at radius 1 is 0.875 bits per heavy atom. The van der Waals surface area contributed by atoms with E-state index < -0.39 is 16.7 Å². The van der Waals surface area contributed by atoms with Crippen LogP contribution in [0.25, 0.3) is 6.08 Å². The van der Waals surface area contributed by atoms with Crippen LogP contribution in [-0.2, 0) is 11.3 Å². The normalized spacial score (nSPS) is 13.6. The number of hydrogen-bond donors (Lipinski definition) is 2. The van der Waals surface area contributed by atoms with E-state index in [0.29, 0.717) is 23.4 Å². The molecule has 2 N–H and O–H groups in total. The van der Waals surface area contributed by atoms with E-state index in [0.717, 1.165) is 48.7 Å². The van der Waals surface area contributed by atoms with Crippen molar-refractivity contribution in [3.63, 3.8) is 0 Å². The molecule has 0 spiro atoms. The third-order valence-electron chi connectivity index (χ3n) is 7.83. The highest BCUT2D eigenvalue weighted by Gasteiger charge is 2.20. The van der Waals surface area contributed by atoms with Crippen LogP contribution in [0.5, 0.6) is 11.5 Å². The number of nitro groups is 1. The van der Waals surface area contributed by atoms with E-state index in [2.05, 4.69) is 25.6 Å². The number of carbonyl (C=O) groups excluding carboxylic acids is 2. The molecule has 0 atom stereocenters. The predicted octanol–water partition coefficient (Wildman–Crippen LogP) is 4.86. The van der Waals surface area contributed by atoms with Crippen LogP contribution in [-0.4, -0.2) is 68.3 Å². The summed E-state index contributed by atoms with van der Waals surface area (Å²) in [5, 5.41) is 17.9. The van der Waals surface area contributed by atoms with E-state index in [1.165, 1.54) is 18.3 Å². The maximum atomic E-state index is 13.2. The number of nitro benzene ring substituents is 1. The van der Waals surface area contributed by atoms with E-state index in [1.54, 1.807) is 87.0 Å². The second-order valence-corrected chi connectivity index (χ2v) is 11.0. The molecule has 1 aliphatic rings. The van der Waals surface area contributed by atoms with Crippen LogP contribution in [0.15, 0.2) is 108 Å². The fourth-order valence-corrected chi connectivity index (χ4v) is 5.23. The van der Waals surface area contributed by atoms with Crippen LogP contribution in [0.1, 0.15) is 27.0 Å². The first kappa shape index (κ1) is 33.4. The zero-order valence-electron chi connectivity index (χ0n) is 26.7. The van der Waals surface area contributed by atoms with Gasteiger partial charge in [0.05, 0.1) is 25.4 Å². The number of carbonyl (C=O) groups is 2. The predicted molar refractivity (Wildman–Crippen MR) is 184 cm³/mol. The molecule has 4 aromatic rings. The highest BCUT2D eigenvalue weighted by Crippen LogP contribution is 2.24. The van der Waals surface area contributed by atoms with Gasteiger partial charge in [0.15, 0.2) is 0 Å². The van der Waals surface area contributed by atoms with Crippen LogP contribution >= 0.6 is 0 Å². The van der Waals surface area contributed by atoms with Gasteiger partial charge in [0, 0.05) is 61.7 Å². The lowest BCUT2D eigenvalue weighted by molar-refractivity contribution is -0.384. The molecule has 246 valence electrons. The Bertz CT molecular complexity index is 1780. The van der Waals surface area contributed by atoms with Gasteiger partial charge in [-0.1, -0.05) is 30.3 Å². The Hall–Kier alpha value is -6.01. The van der Waals surface area contributed by atoms with Gasteiger partial charge in [0.2, 0.25) is 0 Å². The maximum Gasteiger partial charge on any atom is 0.287 e. The van der Waals surface area contributed by atoms with E-state index in [1.807, 2.05) is 18.2 Å². The highest BCUT2D eigenvalue weighted by atomic mass is 16.6. The van der Waals surface area contributed by atoms with E-state index in [9.17, 15) is 19.7 Å². The number of ether oxygens (including phenoxy) is 2. The lowest BCUT2D eigenvalue weighted by Gasteiger charge is -2.36. The summed E-state index contributed by atoms with van der Waals surface area (Å²) in [7, 11) is 3.19. The molecule has 12 nitrogen and oxygen atoms in total. The number of rotatable bonds is 12. The number of anilines is 1. The van der Waals surface area contributed by atoms with Gasteiger partial charge in [-0.3, -0.25) is 24.6 Å². The average molecular weight is 649 g/mol. The molecule has 1 saturated heterocycles. The van der Waals surface area contributed by atoms with Crippen molar-refractivity contribution in [2.24, 2.45) is 5.10 Å². The van der Waals surface area contributed by atoms with E-state index in [-0.39, 0.29) is 11.4 Å². The third kappa shape index (κ3) is 8.83. The summed E-state index contributed by atoms with van der Waals surface area (Å²) in [5.41, 5.74) is 6.40. The molecule has 48 heavy (non-hydrogen) atoms. The number of hydrazone groups is 1. The molecule has 2 amide bonds. The second-order valence-electron chi connectivity index (χ2n) is 11.0. The lowest BCUT2D eigenvalue weighted by atomic mass is 10.1. The van der Waals surface area contributed by atoms with Gasteiger partial charge in [0.25, 0.3) is 17.5 Å². The van der Waals surface area contributed by atoms with Crippen molar-refractivity contribution in [3.05, 3.63) is 135 Å². The Morgan fingerprint density at radius 3 is 2.21 bits per heavy atom. The quantitative estimate of drug-likeness (QED) is 0.0962. The molecule has 0 aliphatic carbocycles. The summed E-state index contributed by atoms with van der Waals surface area (Å²) in [4.78, 5) is 41.3. The minimum absolute atomic E-state index is 0.0226. The first-order valence-electron chi connectivity index (χ1n) is 15.3. The van der Waals surface area contributed by atoms with Gasteiger partial charge in [-0.15, -0.1) is 0 Å². The summed E-state index contributed by atoms with van der Waals surface area (Å²) in [6, 6.07) is 28.0. The summed E-state index contributed by atoms with van der Waals surface area (Å²) in [6.07, 6.45) is 3.11. The van der Waals surface area contributed by atoms with Crippen LogP contribution in [0.4, 0.5) is 11.4 Å². The summed E-state index contributed by atoms with van der Waals surface area (Å²) in [5.74, 6) is 0.385. The first-order chi connectivity index (χ1) is 23.3. The van der Waals surface area contributed by atoms with Gasteiger partial charge < -0.3 is 19.7 Å². The molecule has 0 radical (unpaired) electrons. The van der Waals surface area contributed by atoms with E-state index in [4.69, 9.17) is 9.47 Å². The van der Waals surface area contributed by atoms with Gasteiger partial charge in [-0.05, 0) is 71.8 Å². The molecule has 0 aromatic heterocycles. The minimum atomic E-state index is -0.592. The molecule has 1 fully saturated rings. The third-order valence-corrected chi connectivity index (χ3v) is 7.83. The molecule has 4 aromatic carbocycles. The number of methoxy groups -OCH3 is 2. The van der Waals surface area contributed by atoms with Gasteiger partial charge in [-0.2, -0.15) is 5.10 Å². The van der Waals surface area contributed by atoms with Crippen molar-refractivity contribution < 1.29 is 24.0 Å². The summed E-state index contributed by atoms with van der Waals surface area (Å²) >= 11 is 0. The zero-order valence-corrected chi connectivity index (χ0v) is 26.7. The van der Waals surface area contributed by atoms with E-state index >= 15 is 0 Å². The fraction of sp³-hybridized carbons (Fsp3) is 0.194. The summed E-state index contributed by atoms with van der Waals surface area (Å²) < 4.78 is 10.8. The van der Waals surface area contributed by atoms with Crippen LogP contribution in [0.2, 0.25) is 0 Å². The molecular formula is C36H36N6O6. The molecule has 12 heteroatoms. The van der Waals surface area contributed by atoms with Crippen molar-refractivity contribution >= 4 is 35.5 Å². The van der Waals surface area contributed by atoms with Crippen molar-refractivity contribution in [2.75, 3.05) is 45.3 Å². The van der Waals surface area contributed by atoms with Gasteiger partial charge in [0.1, 0.15) is 17.2 Å². The summed E-state index contributed by atoms with van der Waals surface area (Å²) in [6.45, 7) is 3.80.